The molecule has 1 saturated carbocycles. The summed E-state index contributed by atoms with van der Waals surface area (Å²) in [4.78, 5) is 9.74. The minimum absolute atomic E-state index is 0. The van der Waals surface area contributed by atoms with Crippen LogP contribution in [0, 0.1) is 11.3 Å². The second-order valence-electron chi connectivity index (χ2n) is 5.94. The molecule has 22 heavy (non-hydrogen) atoms. The Kier molecular flexibility index (Phi) is 4.19. The third kappa shape index (κ3) is 2.87. The fourth-order valence-electron chi connectivity index (χ4n) is 3.12. The molecule has 0 atom stereocenters. The van der Waals surface area contributed by atoms with Gasteiger partial charge in [0, 0.05) is 37.6 Å². The van der Waals surface area contributed by atoms with Crippen molar-refractivity contribution in [2.75, 3.05) is 31.1 Å². The van der Waals surface area contributed by atoms with Gasteiger partial charge < -0.3 is 4.90 Å². The summed E-state index contributed by atoms with van der Waals surface area (Å²) in [5.41, 5.74) is 1.66. The summed E-state index contributed by atoms with van der Waals surface area (Å²) in [5, 5.41) is 9.98. The number of nitrogens with zero attached hydrogens (tertiary/aromatic N) is 4. The van der Waals surface area contributed by atoms with Crippen molar-refractivity contribution in [1.82, 2.24) is 9.88 Å². The molecule has 0 bridgehead atoms. The monoisotopic (exact) mass is 314 g/mol. The van der Waals surface area contributed by atoms with E-state index in [0.29, 0.717) is 5.56 Å². The molecule has 0 amide bonds. The van der Waals surface area contributed by atoms with Gasteiger partial charge in [-0.2, -0.15) is 5.26 Å². The van der Waals surface area contributed by atoms with Crippen LogP contribution in [0.25, 0.3) is 10.9 Å². The lowest BCUT2D eigenvalue weighted by molar-refractivity contribution is 0.247. The van der Waals surface area contributed by atoms with Crippen molar-refractivity contribution in [3.63, 3.8) is 0 Å². The highest BCUT2D eigenvalue weighted by Crippen LogP contribution is 2.28. The minimum atomic E-state index is 0. The van der Waals surface area contributed by atoms with Crippen LogP contribution in [0.1, 0.15) is 18.4 Å². The first kappa shape index (κ1) is 15.1. The van der Waals surface area contributed by atoms with Crippen LogP contribution in [0.3, 0.4) is 0 Å². The van der Waals surface area contributed by atoms with E-state index in [1.165, 1.54) is 12.8 Å². The number of fused-ring (bicyclic) bond motifs is 1. The smallest absolute Gasteiger partial charge is 0.129 e. The van der Waals surface area contributed by atoms with E-state index in [4.69, 9.17) is 10.2 Å². The third-order valence-corrected chi connectivity index (χ3v) is 4.51. The number of hydrogen-bond donors (Lipinski definition) is 0. The lowest BCUT2D eigenvalue weighted by Gasteiger charge is -2.35. The van der Waals surface area contributed by atoms with Crippen molar-refractivity contribution in [2.24, 2.45) is 0 Å². The molecule has 0 unspecified atom stereocenters. The molecule has 4 rings (SSSR count). The number of rotatable bonds is 2. The van der Waals surface area contributed by atoms with Gasteiger partial charge in [0.2, 0.25) is 0 Å². The molecule has 0 spiro atoms. The molecule has 2 aromatic rings. The van der Waals surface area contributed by atoms with Crippen LogP contribution in [-0.4, -0.2) is 42.1 Å². The number of nitriles is 1. The van der Waals surface area contributed by atoms with E-state index in [1.54, 1.807) is 0 Å². The Morgan fingerprint density at radius 2 is 1.82 bits per heavy atom. The van der Waals surface area contributed by atoms with Gasteiger partial charge in [0.25, 0.3) is 0 Å². The number of halogens is 1. The first-order valence-corrected chi connectivity index (χ1v) is 7.63. The van der Waals surface area contributed by atoms with Gasteiger partial charge in [-0.25, -0.2) is 4.98 Å². The van der Waals surface area contributed by atoms with Gasteiger partial charge in [-0.15, -0.1) is 12.4 Å². The molecular formula is C17H19ClN4. The van der Waals surface area contributed by atoms with Crippen molar-refractivity contribution in [1.29, 1.82) is 5.26 Å². The Labute approximate surface area is 136 Å². The highest BCUT2D eigenvalue weighted by atomic mass is 35.5. The van der Waals surface area contributed by atoms with Gasteiger partial charge in [0.05, 0.1) is 17.1 Å². The Bertz CT molecular complexity index is 712. The zero-order valence-corrected chi connectivity index (χ0v) is 13.2. The SMILES string of the molecule is Cl.N#Cc1ccc2nc(N3CCN(C4CC4)CC3)ccc2c1. The zero-order chi connectivity index (χ0) is 14.2. The van der Waals surface area contributed by atoms with Gasteiger partial charge >= 0.3 is 0 Å². The molecule has 1 aliphatic heterocycles. The van der Waals surface area contributed by atoms with E-state index in [9.17, 15) is 0 Å². The fourth-order valence-corrected chi connectivity index (χ4v) is 3.12. The standard InChI is InChI=1S/C17H18N4.ClH/c18-12-13-1-5-16-14(11-13)2-6-17(19-16)21-9-7-20(8-10-21)15-3-4-15;/h1-2,5-6,11,15H,3-4,7-10H2;1H. The third-order valence-electron chi connectivity index (χ3n) is 4.51. The van der Waals surface area contributed by atoms with Crippen molar-refractivity contribution in [2.45, 2.75) is 18.9 Å². The average Bonchev–Trinajstić information content (AvgIpc) is 3.39. The molecule has 1 aromatic heterocycles. The van der Waals surface area contributed by atoms with Crippen LogP contribution in [-0.2, 0) is 0 Å². The Balaban J connectivity index is 0.00000144. The maximum Gasteiger partial charge on any atom is 0.129 e. The van der Waals surface area contributed by atoms with Gasteiger partial charge in [-0.3, -0.25) is 4.90 Å². The van der Waals surface area contributed by atoms with Gasteiger partial charge in [0.15, 0.2) is 0 Å². The summed E-state index contributed by atoms with van der Waals surface area (Å²) in [7, 11) is 0. The Hall–Kier alpha value is -1.83. The van der Waals surface area contributed by atoms with E-state index in [0.717, 1.165) is 48.9 Å². The van der Waals surface area contributed by atoms with E-state index >= 15 is 0 Å². The van der Waals surface area contributed by atoms with Crippen LogP contribution in [0.2, 0.25) is 0 Å². The van der Waals surface area contributed by atoms with Crippen LogP contribution in [0.15, 0.2) is 30.3 Å². The van der Waals surface area contributed by atoms with E-state index in [-0.39, 0.29) is 12.4 Å². The molecule has 4 nitrogen and oxygen atoms in total. The predicted molar refractivity (Wildman–Crippen MR) is 90.5 cm³/mol. The summed E-state index contributed by atoms with van der Waals surface area (Å²) < 4.78 is 0. The first-order chi connectivity index (χ1) is 10.3. The normalized spacial score (nSPS) is 18.8. The molecule has 5 heteroatoms. The van der Waals surface area contributed by atoms with Crippen molar-refractivity contribution < 1.29 is 0 Å². The number of anilines is 1. The lowest BCUT2D eigenvalue weighted by Crippen LogP contribution is -2.47. The van der Waals surface area contributed by atoms with Gasteiger partial charge in [-0.05, 0) is 43.2 Å². The second-order valence-corrected chi connectivity index (χ2v) is 5.94. The number of aromatic nitrogens is 1. The van der Waals surface area contributed by atoms with E-state index in [1.807, 2.05) is 18.2 Å². The van der Waals surface area contributed by atoms with Crippen molar-refractivity contribution in [3.8, 4) is 6.07 Å². The number of benzene rings is 1. The number of piperazine rings is 1. The highest BCUT2D eigenvalue weighted by Gasteiger charge is 2.31. The highest BCUT2D eigenvalue weighted by molar-refractivity contribution is 5.85. The van der Waals surface area contributed by atoms with E-state index < -0.39 is 0 Å². The van der Waals surface area contributed by atoms with Crippen LogP contribution >= 0.6 is 12.4 Å². The summed E-state index contributed by atoms with van der Waals surface area (Å²) >= 11 is 0. The van der Waals surface area contributed by atoms with Crippen LogP contribution < -0.4 is 4.90 Å². The maximum absolute atomic E-state index is 8.95. The molecule has 1 aliphatic carbocycles. The molecule has 0 N–H and O–H groups in total. The van der Waals surface area contributed by atoms with E-state index in [2.05, 4.69) is 28.0 Å². The molecule has 2 fully saturated rings. The molecule has 1 aromatic carbocycles. The summed E-state index contributed by atoms with van der Waals surface area (Å²) in [6, 6.07) is 12.9. The molecule has 2 aliphatic rings. The zero-order valence-electron chi connectivity index (χ0n) is 12.4. The van der Waals surface area contributed by atoms with Crippen LogP contribution in [0.5, 0.6) is 0 Å². The fraction of sp³-hybridized carbons (Fsp3) is 0.412. The maximum atomic E-state index is 8.95. The molecular weight excluding hydrogens is 296 g/mol. The number of hydrogen-bond acceptors (Lipinski definition) is 4. The summed E-state index contributed by atoms with van der Waals surface area (Å²) in [5.74, 6) is 1.06. The largest absolute Gasteiger partial charge is 0.354 e. The summed E-state index contributed by atoms with van der Waals surface area (Å²) in [6.07, 6.45) is 2.77. The predicted octanol–water partition coefficient (Wildman–Crippen LogP) is 2.81. The second kappa shape index (κ2) is 6.12. The molecule has 1 saturated heterocycles. The Morgan fingerprint density at radius 3 is 2.50 bits per heavy atom. The molecule has 2 heterocycles. The minimum Gasteiger partial charge on any atom is -0.354 e. The first-order valence-electron chi connectivity index (χ1n) is 7.63. The molecule has 0 radical (unpaired) electrons. The quantitative estimate of drug-likeness (QED) is 0.855. The summed E-state index contributed by atoms with van der Waals surface area (Å²) in [6.45, 7) is 4.42. The Morgan fingerprint density at radius 1 is 1.05 bits per heavy atom. The van der Waals surface area contributed by atoms with Crippen LogP contribution in [0.4, 0.5) is 5.82 Å². The molecule has 114 valence electrons. The average molecular weight is 315 g/mol. The van der Waals surface area contributed by atoms with Gasteiger partial charge in [-0.1, -0.05) is 0 Å². The topological polar surface area (TPSA) is 43.2 Å². The number of pyridine rings is 1. The van der Waals surface area contributed by atoms with Gasteiger partial charge in [0.1, 0.15) is 5.82 Å². The lowest BCUT2D eigenvalue weighted by atomic mass is 10.1. The van der Waals surface area contributed by atoms with Crippen molar-refractivity contribution >= 4 is 29.1 Å². The van der Waals surface area contributed by atoms with Crippen molar-refractivity contribution in [3.05, 3.63) is 35.9 Å².